The van der Waals surface area contributed by atoms with Crippen molar-refractivity contribution in [2.45, 2.75) is 6.42 Å². The zero-order valence-corrected chi connectivity index (χ0v) is 19.3. The Hall–Kier alpha value is -3.13. The van der Waals surface area contributed by atoms with Gasteiger partial charge in [-0.2, -0.15) is 0 Å². The van der Waals surface area contributed by atoms with Crippen molar-refractivity contribution in [3.05, 3.63) is 87.9 Å². The molecular weight excluding hydrogens is 469 g/mol. The van der Waals surface area contributed by atoms with E-state index >= 15 is 0 Å². The summed E-state index contributed by atoms with van der Waals surface area (Å²) < 4.78 is 5.18. The van der Waals surface area contributed by atoms with Gasteiger partial charge in [-0.15, -0.1) is 0 Å². The van der Waals surface area contributed by atoms with Crippen LogP contribution in [0.3, 0.4) is 0 Å². The third-order valence-electron chi connectivity index (χ3n) is 4.32. The molecule has 9 heteroatoms. The first-order valence-electron chi connectivity index (χ1n) is 9.45. The Labute approximate surface area is 200 Å². The van der Waals surface area contributed by atoms with Crippen molar-refractivity contribution in [1.82, 2.24) is 5.32 Å². The predicted octanol–water partition coefficient (Wildman–Crippen LogP) is 5.31. The van der Waals surface area contributed by atoms with Crippen LogP contribution >= 0.6 is 35.4 Å². The maximum atomic E-state index is 12.6. The number of nitrogens with one attached hydrogen (secondary N) is 3. The number of benzene rings is 3. The maximum absolute atomic E-state index is 12.6. The molecule has 0 heterocycles. The van der Waals surface area contributed by atoms with Crippen molar-refractivity contribution in [2.75, 3.05) is 17.7 Å². The van der Waals surface area contributed by atoms with Crippen molar-refractivity contribution in [3.8, 4) is 5.75 Å². The van der Waals surface area contributed by atoms with Crippen molar-refractivity contribution in [2.24, 2.45) is 0 Å². The van der Waals surface area contributed by atoms with Crippen LogP contribution in [0, 0.1) is 0 Å². The molecule has 0 aliphatic heterocycles. The molecule has 6 nitrogen and oxygen atoms in total. The fourth-order valence-electron chi connectivity index (χ4n) is 2.89. The average molecular weight is 488 g/mol. The first-order valence-corrected chi connectivity index (χ1v) is 10.6. The molecule has 0 saturated heterocycles. The molecule has 2 amide bonds. The van der Waals surface area contributed by atoms with Gasteiger partial charge >= 0.3 is 0 Å². The topological polar surface area (TPSA) is 79.5 Å². The standard InChI is InChI=1S/C23H19Cl2N3O3S/c1-31-21-18(12-15(24)13-19(21)25)22(30)28-23(32)27-17-9-7-16(8-10-17)26-20(29)11-14-5-3-2-4-6-14/h2-10,12-13H,11H2,1H3,(H,26,29)(H2,27,28,30,32). The normalized spacial score (nSPS) is 10.2. The summed E-state index contributed by atoms with van der Waals surface area (Å²) in [5.41, 5.74) is 2.37. The van der Waals surface area contributed by atoms with E-state index in [0.29, 0.717) is 16.4 Å². The van der Waals surface area contributed by atoms with Gasteiger partial charge in [0.1, 0.15) is 5.75 Å². The molecule has 3 aromatic carbocycles. The van der Waals surface area contributed by atoms with E-state index in [0.717, 1.165) is 5.56 Å². The number of hydrogen-bond donors (Lipinski definition) is 3. The zero-order chi connectivity index (χ0) is 23.1. The van der Waals surface area contributed by atoms with Gasteiger partial charge in [0.15, 0.2) is 5.11 Å². The first-order chi connectivity index (χ1) is 15.4. The number of amides is 2. The lowest BCUT2D eigenvalue weighted by molar-refractivity contribution is -0.115. The summed E-state index contributed by atoms with van der Waals surface area (Å²) in [6.07, 6.45) is 0.286. The maximum Gasteiger partial charge on any atom is 0.261 e. The Kier molecular flexibility index (Phi) is 8.05. The van der Waals surface area contributed by atoms with Crippen molar-refractivity contribution >= 4 is 63.7 Å². The average Bonchev–Trinajstić information content (AvgIpc) is 2.75. The second-order valence-corrected chi connectivity index (χ2v) is 7.92. The lowest BCUT2D eigenvalue weighted by Gasteiger charge is -2.13. The van der Waals surface area contributed by atoms with Crippen LogP contribution in [-0.2, 0) is 11.2 Å². The third-order valence-corrected chi connectivity index (χ3v) is 5.02. The number of hydrogen-bond acceptors (Lipinski definition) is 4. The van der Waals surface area contributed by atoms with Crippen LogP contribution in [-0.4, -0.2) is 24.0 Å². The number of thiocarbonyl (C=S) groups is 1. The molecule has 0 bridgehead atoms. The highest BCUT2D eigenvalue weighted by atomic mass is 35.5. The van der Waals surface area contributed by atoms with E-state index in [1.54, 1.807) is 24.3 Å². The van der Waals surface area contributed by atoms with Crippen LogP contribution in [0.2, 0.25) is 10.0 Å². The fraction of sp³-hybridized carbons (Fsp3) is 0.0870. The molecule has 0 saturated carbocycles. The lowest BCUT2D eigenvalue weighted by Crippen LogP contribution is -2.34. The van der Waals surface area contributed by atoms with Gasteiger partial charge in [-0.1, -0.05) is 53.5 Å². The van der Waals surface area contributed by atoms with Gasteiger partial charge in [0.05, 0.1) is 24.1 Å². The highest BCUT2D eigenvalue weighted by Crippen LogP contribution is 2.32. The van der Waals surface area contributed by atoms with Crippen LogP contribution in [0.15, 0.2) is 66.7 Å². The second kappa shape index (κ2) is 10.9. The van der Waals surface area contributed by atoms with E-state index < -0.39 is 5.91 Å². The van der Waals surface area contributed by atoms with Gasteiger partial charge in [0, 0.05) is 16.4 Å². The summed E-state index contributed by atoms with van der Waals surface area (Å²) >= 11 is 17.3. The molecule has 0 aliphatic rings. The molecule has 32 heavy (non-hydrogen) atoms. The number of halogens is 2. The molecule has 0 unspecified atom stereocenters. The van der Waals surface area contributed by atoms with Crippen LogP contribution in [0.5, 0.6) is 5.75 Å². The summed E-state index contributed by atoms with van der Waals surface area (Å²) in [6, 6.07) is 19.3. The Balaban J connectivity index is 1.57. The van der Waals surface area contributed by atoms with Crippen molar-refractivity contribution in [1.29, 1.82) is 0 Å². The molecule has 0 aromatic heterocycles. The van der Waals surface area contributed by atoms with Gasteiger partial charge in [-0.3, -0.25) is 14.9 Å². The van der Waals surface area contributed by atoms with Crippen LogP contribution in [0.4, 0.5) is 11.4 Å². The fourth-order valence-corrected chi connectivity index (χ4v) is 3.67. The second-order valence-electron chi connectivity index (χ2n) is 6.66. The SMILES string of the molecule is COc1c(Cl)cc(Cl)cc1C(=O)NC(=S)Nc1ccc(NC(=O)Cc2ccccc2)cc1. The van der Waals surface area contributed by atoms with E-state index in [4.69, 9.17) is 40.2 Å². The van der Waals surface area contributed by atoms with E-state index in [-0.39, 0.29) is 33.8 Å². The quantitative estimate of drug-likeness (QED) is 0.410. The summed E-state index contributed by atoms with van der Waals surface area (Å²) in [6.45, 7) is 0. The number of carbonyl (C=O) groups is 2. The van der Waals surface area contributed by atoms with Crippen LogP contribution < -0.4 is 20.7 Å². The Morgan fingerprint density at radius 2 is 1.56 bits per heavy atom. The minimum Gasteiger partial charge on any atom is -0.494 e. The minimum absolute atomic E-state index is 0.0778. The molecule has 0 fully saturated rings. The van der Waals surface area contributed by atoms with E-state index in [9.17, 15) is 9.59 Å². The molecule has 3 aromatic rings. The molecule has 164 valence electrons. The number of ether oxygens (including phenoxy) is 1. The monoisotopic (exact) mass is 487 g/mol. The number of methoxy groups -OCH3 is 1. The first kappa shape index (κ1) is 23.5. The van der Waals surface area contributed by atoms with Crippen molar-refractivity contribution < 1.29 is 14.3 Å². The lowest BCUT2D eigenvalue weighted by atomic mass is 10.1. The minimum atomic E-state index is -0.520. The molecule has 0 radical (unpaired) electrons. The highest BCUT2D eigenvalue weighted by Gasteiger charge is 2.18. The van der Waals surface area contributed by atoms with Gasteiger partial charge in [0.25, 0.3) is 5.91 Å². The van der Waals surface area contributed by atoms with E-state index in [1.807, 2.05) is 30.3 Å². The van der Waals surface area contributed by atoms with Crippen molar-refractivity contribution in [3.63, 3.8) is 0 Å². The Bertz CT molecular complexity index is 1140. The summed E-state index contributed by atoms with van der Waals surface area (Å²) in [4.78, 5) is 24.7. The zero-order valence-electron chi connectivity index (χ0n) is 16.9. The molecule has 3 rings (SSSR count). The van der Waals surface area contributed by atoms with Crippen LogP contribution in [0.25, 0.3) is 0 Å². The van der Waals surface area contributed by atoms with Gasteiger partial charge < -0.3 is 15.4 Å². The van der Waals surface area contributed by atoms with Gasteiger partial charge in [0.2, 0.25) is 5.91 Å². The predicted molar refractivity (Wildman–Crippen MR) is 132 cm³/mol. The van der Waals surface area contributed by atoms with E-state index in [2.05, 4.69) is 16.0 Å². The van der Waals surface area contributed by atoms with Gasteiger partial charge in [-0.05, 0) is 54.2 Å². The third kappa shape index (κ3) is 6.43. The summed E-state index contributed by atoms with van der Waals surface area (Å²) in [5.74, 6) is -0.436. The molecule has 3 N–H and O–H groups in total. The van der Waals surface area contributed by atoms with E-state index in [1.165, 1.54) is 19.2 Å². The smallest absolute Gasteiger partial charge is 0.261 e. The highest BCUT2D eigenvalue weighted by molar-refractivity contribution is 7.80. The van der Waals surface area contributed by atoms with Crippen LogP contribution in [0.1, 0.15) is 15.9 Å². The molecule has 0 spiro atoms. The molecule has 0 atom stereocenters. The molecule has 0 aliphatic carbocycles. The Morgan fingerprint density at radius 3 is 2.19 bits per heavy atom. The number of carbonyl (C=O) groups excluding carboxylic acids is 2. The summed E-state index contributed by atoms with van der Waals surface area (Å²) in [5, 5.41) is 8.90. The summed E-state index contributed by atoms with van der Waals surface area (Å²) in [7, 11) is 1.41. The molecular formula is C23H19Cl2N3O3S. The van der Waals surface area contributed by atoms with Gasteiger partial charge in [-0.25, -0.2) is 0 Å². The largest absolute Gasteiger partial charge is 0.494 e. The number of anilines is 2. The number of rotatable bonds is 6. The Morgan fingerprint density at radius 1 is 0.938 bits per heavy atom.